The lowest BCUT2D eigenvalue weighted by atomic mass is 10.0. The Bertz CT molecular complexity index is 247. The Balaban J connectivity index is 3.59. The lowest BCUT2D eigenvalue weighted by molar-refractivity contribution is 0.475. The molecule has 0 spiro atoms. The highest BCUT2D eigenvalue weighted by Crippen LogP contribution is 2.09. The van der Waals surface area contributed by atoms with E-state index in [1.807, 2.05) is 0 Å². The van der Waals surface area contributed by atoms with Crippen LogP contribution in [0.4, 0.5) is 0 Å². The molecule has 0 amide bonds. The molecule has 0 fully saturated rings. The van der Waals surface area contributed by atoms with E-state index in [1.54, 1.807) is 6.92 Å². The highest BCUT2D eigenvalue weighted by molar-refractivity contribution is 7.91. The van der Waals surface area contributed by atoms with Crippen molar-refractivity contribution >= 4 is 9.84 Å². The fourth-order valence-electron chi connectivity index (χ4n) is 1.40. The average molecular weight is 235 g/mol. The van der Waals surface area contributed by atoms with Gasteiger partial charge in [-0.25, -0.2) is 8.42 Å². The summed E-state index contributed by atoms with van der Waals surface area (Å²) < 4.78 is 22.4. The standard InChI is InChI=1S/C11H25NO2S/c1-4-15(13,14)9-5-6-11(12)8-7-10(2)3/h10-11H,4-9,12H2,1-3H3. The Morgan fingerprint density at radius 3 is 2.20 bits per heavy atom. The van der Waals surface area contributed by atoms with Crippen LogP contribution in [0.15, 0.2) is 0 Å². The second kappa shape index (κ2) is 7.23. The lowest BCUT2D eigenvalue weighted by Gasteiger charge is -2.12. The van der Waals surface area contributed by atoms with Gasteiger partial charge in [0.1, 0.15) is 9.84 Å². The number of sulfone groups is 1. The summed E-state index contributed by atoms with van der Waals surface area (Å²) in [7, 11) is -2.80. The minimum absolute atomic E-state index is 0.166. The van der Waals surface area contributed by atoms with Gasteiger partial charge in [-0.05, 0) is 31.6 Å². The van der Waals surface area contributed by atoms with Crippen LogP contribution in [0.1, 0.15) is 46.5 Å². The summed E-state index contributed by atoms with van der Waals surface area (Å²) in [5.74, 6) is 1.21. The highest BCUT2D eigenvalue weighted by atomic mass is 32.2. The van der Waals surface area contributed by atoms with Gasteiger partial charge in [0, 0.05) is 11.8 Å². The summed E-state index contributed by atoms with van der Waals surface area (Å²) in [5, 5.41) is 0. The van der Waals surface area contributed by atoms with Gasteiger partial charge < -0.3 is 5.73 Å². The SMILES string of the molecule is CCS(=O)(=O)CCCC(N)CCC(C)C. The van der Waals surface area contributed by atoms with Crippen molar-refractivity contribution in [2.45, 2.75) is 52.5 Å². The molecule has 0 aliphatic rings. The predicted octanol–water partition coefficient (Wildman–Crippen LogP) is 1.96. The van der Waals surface area contributed by atoms with E-state index in [1.165, 1.54) is 0 Å². The van der Waals surface area contributed by atoms with Gasteiger partial charge in [-0.2, -0.15) is 0 Å². The zero-order valence-corrected chi connectivity index (χ0v) is 11.0. The molecule has 0 saturated heterocycles. The van der Waals surface area contributed by atoms with Gasteiger partial charge in [-0.3, -0.25) is 0 Å². The van der Waals surface area contributed by atoms with Gasteiger partial charge in [-0.15, -0.1) is 0 Å². The first kappa shape index (κ1) is 14.9. The Morgan fingerprint density at radius 2 is 1.73 bits per heavy atom. The molecule has 0 saturated carbocycles. The van der Waals surface area contributed by atoms with E-state index in [0.29, 0.717) is 18.1 Å². The fourth-order valence-corrected chi connectivity index (χ4v) is 2.30. The molecule has 1 atom stereocenters. The van der Waals surface area contributed by atoms with Crippen molar-refractivity contribution in [1.82, 2.24) is 0 Å². The summed E-state index contributed by atoms with van der Waals surface area (Å²) in [6.45, 7) is 6.04. The summed E-state index contributed by atoms with van der Waals surface area (Å²) in [5.41, 5.74) is 5.90. The summed E-state index contributed by atoms with van der Waals surface area (Å²) >= 11 is 0. The quantitative estimate of drug-likeness (QED) is 0.699. The first-order chi connectivity index (χ1) is 6.87. The lowest BCUT2D eigenvalue weighted by Crippen LogP contribution is -2.22. The van der Waals surface area contributed by atoms with Crippen molar-refractivity contribution in [3.05, 3.63) is 0 Å². The molecule has 0 rings (SSSR count). The van der Waals surface area contributed by atoms with E-state index in [9.17, 15) is 8.42 Å². The Morgan fingerprint density at radius 1 is 1.13 bits per heavy atom. The molecule has 0 radical (unpaired) electrons. The topological polar surface area (TPSA) is 60.2 Å². The normalized spacial score (nSPS) is 14.5. The molecule has 15 heavy (non-hydrogen) atoms. The molecule has 0 aromatic carbocycles. The van der Waals surface area contributed by atoms with E-state index >= 15 is 0 Å². The maximum absolute atomic E-state index is 11.2. The molecule has 4 heteroatoms. The van der Waals surface area contributed by atoms with Crippen LogP contribution in [0.3, 0.4) is 0 Å². The molecule has 0 aromatic heterocycles. The van der Waals surface area contributed by atoms with Crippen LogP contribution in [-0.4, -0.2) is 26.0 Å². The Kier molecular flexibility index (Phi) is 7.18. The third-order valence-electron chi connectivity index (χ3n) is 2.58. The zero-order valence-electron chi connectivity index (χ0n) is 10.2. The summed E-state index contributed by atoms with van der Waals surface area (Å²) in [4.78, 5) is 0. The summed E-state index contributed by atoms with van der Waals surface area (Å²) in [6, 6.07) is 0.166. The largest absolute Gasteiger partial charge is 0.328 e. The van der Waals surface area contributed by atoms with Gasteiger partial charge in [0.2, 0.25) is 0 Å². The van der Waals surface area contributed by atoms with Gasteiger partial charge in [0.15, 0.2) is 0 Å². The van der Waals surface area contributed by atoms with Crippen LogP contribution in [-0.2, 0) is 9.84 Å². The van der Waals surface area contributed by atoms with Gasteiger partial charge >= 0.3 is 0 Å². The number of nitrogens with two attached hydrogens (primary N) is 1. The Labute approximate surface area is 94.4 Å². The van der Waals surface area contributed by atoms with E-state index in [-0.39, 0.29) is 11.8 Å². The smallest absolute Gasteiger partial charge is 0.150 e. The maximum atomic E-state index is 11.2. The van der Waals surface area contributed by atoms with E-state index in [4.69, 9.17) is 5.73 Å². The van der Waals surface area contributed by atoms with E-state index in [2.05, 4.69) is 13.8 Å². The van der Waals surface area contributed by atoms with Crippen molar-refractivity contribution in [3.63, 3.8) is 0 Å². The van der Waals surface area contributed by atoms with Crippen LogP contribution >= 0.6 is 0 Å². The number of hydrogen-bond donors (Lipinski definition) is 1. The molecular formula is C11H25NO2S. The second-order valence-electron chi connectivity index (χ2n) is 4.61. The maximum Gasteiger partial charge on any atom is 0.150 e. The molecule has 1 unspecified atom stereocenters. The number of hydrogen-bond acceptors (Lipinski definition) is 3. The van der Waals surface area contributed by atoms with Crippen LogP contribution in [0.2, 0.25) is 0 Å². The zero-order chi connectivity index (χ0) is 11.9. The Hall–Kier alpha value is -0.0900. The summed E-state index contributed by atoms with van der Waals surface area (Å²) in [6.07, 6.45) is 3.66. The number of rotatable bonds is 8. The van der Waals surface area contributed by atoms with Crippen molar-refractivity contribution < 1.29 is 8.42 Å². The molecular weight excluding hydrogens is 210 g/mol. The molecule has 3 nitrogen and oxygen atoms in total. The molecule has 0 aliphatic carbocycles. The molecule has 92 valence electrons. The molecule has 0 aliphatic heterocycles. The van der Waals surface area contributed by atoms with Gasteiger partial charge in [0.05, 0.1) is 5.75 Å². The van der Waals surface area contributed by atoms with Crippen molar-refractivity contribution in [3.8, 4) is 0 Å². The van der Waals surface area contributed by atoms with Gasteiger partial charge in [0.25, 0.3) is 0 Å². The third kappa shape index (κ3) is 8.88. The van der Waals surface area contributed by atoms with E-state index in [0.717, 1.165) is 19.3 Å². The monoisotopic (exact) mass is 235 g/mol. The minimum Gasteiger partial charge on any atom is -0.328 e. The van der Waals surface area contributed by atoms with Crippen LogP contribution in [0, 0.1) is 5.92 Å². The van der Waals surface area contributed by atoms with Crippen molar-refractivity contribution in [2.75, 3.05) is 11.5 Å². The third-order valence-corrected chi connectivity index (χ3v) is 4.38. The van der Waals surface area contributed by atoms with Crippen molar-refractivity contribution in [1.29, 1.82) is 0 Å². The second-order valence-corrected chi connectivity index (χ2v) is 7.08. The van der Waals surface area contributed by atoms with Gasteiger partial charge in [-0.1, -0.05) is 20.8 Å². The first-order valence-electron chi connectivity index (χ1n) is 5.83. The van der Waals surface area contributed by atoms with E-state index < -0.39 is 9.84 Å². The van der Waals surface area contributed by atoms with Crippen LogP contribution < -0.4 is 5.73 Å². The first-order valence-corrected chi connectivity index (χ1v) is 7.65. The van der Waals surface area contributed by atoms with Crippen molar-refractivity contribution in [2.24, 2.45) is 11.7 Å². The molecule has 2 N–H and O–H groups in total. The molecule has 0 aromatic rings. The average Bonchev–Trinajstić information content (AvgIpc) is 2.14. The molecule has 0 heterocycles. The molecule has 0 bridgehead atoms. The highest BCUT2D eigenvalue weighted by Gasteiger charge is 2.09. The minimum atomic E-state index is -2.80. The van der Waals surface area contributed by atoms with Crippen LogP contribution in [0.25, 0.3) is 0 Å². The predicted molar refractivity (Wildman–Crippen MR) is 65.6 cm³/mol. The fraction of sp³-hybridized carbons (Fsp3) is 1.00. The van der Waals surface area contributed by atoms with Crippen LogP contribution in [0.5, 0.6) is 0 Å².